The van der Waals surface area contributed by atoms with E-state index in [1.165, 1.54) is 16.2 Å². The predicted octanol–water partition coefficient (Wildman–Crippen LogP) is 3.00. The average molecular weight is 444 g/mol. The van der Waals surface area contributed by atoms with Crippen LogP contribution in [0.5, 0.6) is 5.75 Å². The summed E-state index contributed by atoms with van der Waals surface area (Å²) in [5.41, 5.74) is 3.47. The van der Waals surface area contributed by atoms with Gasteiger partial charge < -0.3 is 24.8 Å². The molecule has 3 rings (SSSR count). The molecule has 8 nitrogen and oxygen atoms in total. The summed E-state index contributed by atoms with van der Waals surface area (Å²) in [4.78, 5) is 27.0. The van der Waals surface area contributed by atoms with Crippen LogP contribution in [-0.4, -0.2) is 48.9 Å². The van der Waals surface area contributed by atoms with E-state index in [0.717, 1.165) is 27.3 Å². The fraction of sp³-hybridized carbons (Fsp3) is 0.409. The number of nitriles is 1. The Labute approximate surface area is 185 Å². The number of carbonyl (C=O) groups is 2. The number of benzene rings is 1. The molecule has 31 heavy (non-hydrogen) atoms. The largest absolute Gasteiger partial charge is 0.497 e. The quantitative estimate of drug-likeness (QED) is 0.680. The van der Waals surface area contributed by atoms with Crippen molar-refractivity contribution in [3.63, 3.8) is 0 Å². The second kappa shape index (κ2) is 10.3. The van der Waals surface area contributed by atoms with Gasteiger partial charge in [0.15, 0.2) is 0 Å². The maximum Gasteiger partial charge on any atom is 0.410 e. The molecule has 1 aromatic carbocycles. The van der Waals surface area contributed by atoms with Crippen molar-refractivity contribution in [3.8, 4) is 11.8 Å². The molecule has 9 heteroatoms. The van der Waals surface area contributed by atoms with E-state index >= 15 is 0 Å². The van der Waals surface area contributed by atoms with Crippen molar-refractivity contribution in [1.82, 2.24) is 4.90 Å². The fourth-order valence-electron chi connectivity index (χ4n) is 3.47. The number of hydrogen-bond acceptors (Lipinski definition) is 7. The monoisotopic (exact) mass is 443 g/mol. The van der Waals surface area contributed by atoms with Gasteiger partial charge in [0, 0.05) is 17.8 Å². The molecule has 2 N–H and O–H groups in total. The van der Waals surface area contributed by atoms with Crippen molar-refractivity contribution in [2.45, 2.75) is 32.7 Å². The SMILES string of the molecule is COc1ccc(C)c(CCC(=O)Nc2sc3c(c2C#N)CCN(C(=O)OCCO)C3)c1. The minimum atomic E-state index is -0.495. The first-order valence-electron chi connectivity index (χ1n) is 9.97. The molecule has 0 unspecified atom stereocenters. The van der Waals surface area contributed by atoms with Crippen molar-refractivity contribution in [2.24, 2.45) is 0 Å². The Balaban J connectivity index is 1.66. The van der Waals surface area contributed by atoms with Gasteiger partial charge in [-0.1, -0.05) is 6.07 Å². The fourth-order valence-corrected chi connectivity index (χ4v) is 4.70. The lowest BCUT2D eigenvalue weighted by Gasteiger charge is -2.26. The summed E-state index contributed by atoms with van der Waals surface area (Å²) in [5.74, 6) is 0.581. The van der Waals surface area contributed by atoms with Crippen LogP contribution >= 0.6 is 11.3 Å². The topological polar surface area (TPSA) is 112 Å². The summed E-state index contributed by atoms with van der Waals surface area (Å²) in [5, 5.41) is 21.8. The summed E-state index contributed by atoms with van der Waals surface area (Å²) in [6, 6.07) is 7.97. The Bertz CT molecular complexity index is 1010. The molecule has 2 heterocycles. The molecule has 0 saturated carbocycles. The van der Waals surface area contributed by atoms with Gasteiger partial charge in [-0.2, -0.15) is 5.26 Å². The van der Waals surface area contributed by atoms with Gasteiger partial charge in [-0.25, -0.2) is 4.79 Å². The Morgan fingerprint density at radius 1 is 1.39 bits per heavy atom. The van der Waals surface area contributed by atoms with E-state index in [1.54, 1.807) is 7.11 Å². The molecule has 0 radical (unpaired) electrons. The number of thiophene rings is 1. The minimum Gasteiger partial charge on any atom is -0.497 e. The van der Waals surface area contributed by atoms with Crippen molar-refractivity contribution in [3.05, 3.63) is 45.3 Å². The molecular weight excluding hydrogens is 418 g/mol. The Hall–Kier alpha value is -3.09. The zero-order valence-corrected chi connectivity index (χ0v) is 18.4. The molecule has 164 valence electrons. The van der Waals surface area contributed by atoms with E-state index in [9.17, 15) is 14.9 Å². The molecule has 0 spiro atoms. The standard InChI is InChI=1S/C22H25N3O5S/c1-14-3-5-16(29-2)11-15(14)4-6-20(27)24-21-18(12-23)17-7-8-25(13-19(17)31-21)22(28)30-10-9-26/h3,5,11,26H,4,6-10,13H2,1-2H3,(H,24,27). The van der Waals surface area contributed by atoms with E-state index in [4.69, 9.17) is 14.6 Å². The molecule has 1 aliphatic rings. The summed E-state index contributed by atoms with van der Waals surface area (Å²) in [6.45, 7) is 2.45. The summed E-state index contributed by atoms with van der Waals surface area (Å²) in [6.07, 6.45) is 0.862. The number of aryl methyl sites for hydroxylation is 2. The molecule has 1 aromatic heterocycles. The summed E-state index contributed by atoms with van der Waals surface area (Å²) < 4.78 is 10.2. The second-order valence-corrected chi connectivity index (χ2v) is 8.28. The van der Waals surface area contributed by atoms with Crippen molar-refractivity contribution in [2.75, 3.05) is 32.2 Å². The van der Waals surface area contributed by atoms with Gasteiger partial charge >= 0.3 is 6.09 Å². The van der Waals surface area contributed by atoms with Crippen LogP contribution in [0.4, 0.5) is 9.80 Å². The highest BCUT2D eigenvalue weighted by molar-refractivity contribution is 7.16. The number of carbonyl (C=O) groups excluding carboxylic acids is 2. The van der Waals surface area contributed by atoms with E-state index in [-0.39, 0.29) is 25.5 Å². The lowest BCUT2D eigenvalue weighted by molar-refractivity contribution is -0.116. The number of methoxy groups -OCH3 is 1. The van der Waals surface area contributed by atoms with Crippen LogP contribution in [0.3, 0.4) is 0 Å². The number of ether oxygens (including phenoxy) is 2. The van der Waals surface area contributed by atoms with Crippen LogP contribution in [0, 0.1) is 18.3 Å². The van der Waals surface area contributed by atoms with Crippen LogP contribution in [0.15, 0.2) is 18.2 Å². The number of nitrogens with one attached hydrogen (secondary N) is 1. The maximum absolute atomic E-state index is 12.6. The molecule has 0 fully saturated rings. The van der Waals surface area contributed by atoms with Crippen LogP contribution in [0.25, 0.3) is 0 Å². The highest BCUT2D eigenvalue weighted by Gasteiger charge is 2.28. The third kappa shape index (κ3) is 5.34. The molecule has 0 saturated heterocycles. The number of rotatable bonds is 7. The Morgan fingerprint density at radius 2 is 2.19 bits per heavy atom. The normalized spacial score (nSPS) is 12.6. The molecule has 2 aromatic rings. The first kappa shape index (κ1) is 22.6. The van der Waals surface area contributed by atoms with Gasteiger partial charge in [0.1, 0.15) is 23.4 Å². The first-order chi connectivity index (χ1) is 15.0. The van der Waals surface area contributed by atoms with E-state index in [2.05, 4.69) is 11.4 Å². The lowest BCUT2D eigenvalue weighted by atomic mass is 10.0. The molecule has 0 bridgehead atoms. The Kier molecular flexibility index (Phi) is 7.50. The number of nitrogens with zero attached hydrogens (tertiary/aromatic N) is 2. The third-order valence-electron chi connectivity index (χ3n) is 5.17. The smallest absolute Gasteiger partial charge is 0.410 e. The van der Waals surface area contributed by atoms with E-state index in [0.29, 0.717) is 36.5 Å². The molecule has 0 aliphatic carbocycles. The summed E-state index contributed by atoms with van der Waals surface area (Å²) >= 11 is 1.32. The maximum atomic E-state index is 12.6. The number of aliphatic hydroxyl groups excluding tert-OH is 1. The predicted molar refractivity (Wildman–Crippen MR) is 116 cm³/mol. The van der Waals surface area contributed by atoms with Crippen molar-refractivity contribution >= 4 is 28.3 Å². The van der Waals surface area contributed by atoms with Gasteiger partial charge in [0.25, 0.3) is 0 Å². The zero-order chi connectivity index (χ0) is 22.4. The number of amides is 2. The molecular formula is C22H25N3O5S. The third-order valence-corrected chi connectivity index (χ3v) is 6.31. The van der Waals surface area contributed by atoms with E-state index < -0.39 is 6.09 Å². The van der Waals surface area contributed by atoms with Crippen LogP contribution in [0.1, 0.15) is 33.6 Å². The minimum absolute atomic E-state index is 0.0514. The average Bonchev–Trinajstić information content (AvgIpc) is 3.12. The molecule has 0 atom stereocenters. The van der Waals surface area contributed by atoms with Crippen LogP contribution in [0.2, 0.25) is 0 Å². The first-order valence-corrected chi connectivity index (χ1v) is 10.8. The number of anilines is 1. The van der Waals surface area contributed by atoms with Gasteiger partial charge in [0.2, 0.25) is 5.91 Å². The Morgan fingerprint density at radius 3 is 2.90 bits per heavy atom. The van der Waals surface area contributed by atoms with Crippen LogP contribution in [-0.2, 0) is 28.9 Å². The van der Waals surface area contributed by atoms with Crippen LogP contribution < -0.4 is 10.1 Å². The van der Waals surface area contributed by atoms with Crippen molar-refractivity contribution in [1.29, 1.82) is 5.26 Å². The summed E-state index contributed by atoms with van der Waals surface area (Å²) in [7, 11) is 1.61. The molecule has 2 amide bonds. The number of fused-ring (bicyclic) bond motifs is 1. The van der Waals surface area contributed by atoms with Gasteiger partial charge in [-0.15, -0.1) is 11.3 Å². The van der Waals surface area contributed by atoms with Gasteiger partial charge in [0.05, 0.1) is 25.8 Å². The highest BCUT2D eigenvalue weighted by Crippen LogP contribution is 2.37. The van der Waals surface area contributed by atoms with Crippen molar-refractivity contribution < 1.29 is 24.2 Å². The number of aliphatic hydroxyl groups is 1. The lowest BCUT2D eigenvalue weighted by Crippen LogP contribution is -2.36. The van der Waals surface area contributed by atoms with E-state index in [1.807, 2.05) is 25.1 Å². The number of hydrogen-bond donors (Lipinski definition) is 2. The second-order valence-electron chi connectivity index (χ2n) is 7.17. The molecule has 1 aliphatic heterocycles. The highest BCUT2D eigenvalue weighted by atomic mass is 32.1. The zero-order valence-electron chi connectivity index (χ0n) is 17.6. The van der Waals surface area contributed by atoms with Gasteiger partial charge in [-0.05, 0) is 48.6 Å². The van der Waals surface area contributed by atoms with Gasteiger partial charge in [-0.3, -0.25) is 4.79 Å².